The van der Waals surface area contributed by atoms with Crippen LogP contribution in [0.1, 0.15) is 21.7 Å². The third-order valence-electron chi connectivity index (χ3n) is 3.69. The number of aromatic nitrogens is 1. The molecule has 4 nitrogen and oxygen atoms in total. The van der Waals surface area contributed by atoms with Crippen LogP contribution in [0.25, 0.3) is 21.2 Å². The molecule has 0 aliphatic heterocycles. The summed E-state index contributed by atoms with van der Waals surface area (Å²) >= 11 is 1.48. The zero-order valence-electron chi connectivity index (χ0n) is 12.7. The Bertz CT molecular complexity index is 1010. The van der Waals surface area contributed by atoms with Crippen LogP contribution in [-0.2, 0) is 0 Å². The molecular weight excluding hydrogens is 308 g/mol. The lowest BCUT2D eigenvalue weighted by Gasteiger charge is -1.96. The summed E-state index contributed by atoms with van der Waals surface area (Å²) in [5.41, 5.74) is 3.94. The Hall–Kier alpha value is -2.66. The van der Waals surface area contributed by atoms with E-state index < -0.39 is 0 Å². The smallest absolute Gasteiger partial charge is 0.293 e. The van der Waals surface area contributed by atoms with Crippen molar-refractivity contribution in [1.29, 1.82) is 0 Å². The lowest BCUT2D eigenvalue weighted by atomic mass is 10.1. The van der Waals surface area contributed by atoms with E-state index in [1.807, 2.05) is 37.3 Å². The second-order valence-electron chi connectivity index (χ2n) is 5.55. The molecular formula is C18H14N2O2S. The van der Waals surface area contributed by atoms with E-state index in [4.69, 9.17) is 4.42 Å². The molecule has 0 unspecified atom stereocenters. The number of hydrogen-bond donors (Lipinski definition) is 1. The highest BCUT2D eigenvalue weighted by atomic mass is 32.1. The molecule has 0 atom stereocenters. The Kier molecular flexibility index (Phi) is 3.16. The van der Waals surface area contributed by atoms with E-state index in [1.54, 1.807) is 6.07 Å². The number of hydrogen-bond acceptors (Lipinski definition) is 4. The molecule has 1 N–H and O–H groups in total. The summed E-state index contributed by atoms with van der Waals surface area (Å²) in [5.74, 6) is 0.00740. The first-order valence-electron chi connectivity index (χ1n) is 7.28. The highest BCUT2D eigenvalue weighted by Crippen LogP contribution is 2.30. The predicted octanol–water partition coefficient (Wildman–Crippen LogP) is 4.91. The second kappa shape index (κ2) is 5.21. The standard InChI is InChI=1S/C18H14N2O2S/c1-10-7-11(2)16-13(8-10)19-18(23-16)20-17(21)15-9-12-5-3-4-6-14(12)22-15/h3-9H,1-2H3,(H,19,20,21). The van der Waals surface area contributed by atoms with Gasteiger partial charge in [0.05, 0.1) is 10.2 Å². The van der Waals surface area contributed by atoms with Gasteiger partial charge in [0, 0.05) is 5.39 Å². The number of amides is 1. The van der Waals surface area contributed by atoms with Gasteiger partial charge in [-0.1, -0.05) is 35.6 Å². The quantitative estimate of drug-likeness (QED) is 0.570. The van der Waals surface area contributed by atoms with Gasteiger partial charge in [0.15, 0.2) is 10.9 Å². The summed E-state index contributed by atoms with van der Waals surface area (Å²) in [6.07, 6.45) is 0. The van der Waals surface area contributed by atoms with Crippen molar-refractivity contribution >= 4 is 43.6 Å². The van der Waals surface area contributed by atoms with Crippen LogP contribution in [0.5, 0.6) is 0 Å². The number of carbonyl (C=O) groups excluding carboxylic acids is 1. The van der Waals surface area contributed by atoms with Crippen LogP contribution in [0, 0.1) is 13.8 Å². The molecule has 1 amide bonds. The number of nitrogens with zero attached hydrogens (tertiary/aromatic N) is 1. The fourth-order valence-corrected chi connectivity index (χ4v) is 3.59. The number of fused-ring (bicyclic) bond motifs is 2. The van der Waals surface area contributed by atoms with Crippen LogP contribution >= 0.6 is 11.3 Å². The Morgan fingerprint density at radius 1 is 1.17 bits per heavy atom. The van der Waals surface area contributed by atoms with E-state index in [-0.39, 0.29) is 5.91 Å². The maximum absolute atomic E-state index is 12.4. The van der Waals surface area contributed by atoms with E-state index in [2.05, 4.69) is 23.3 Å². The first-order valence-corrected chi connectivity index (χ1v) is 8.09. The van der Waals surface area contributed by atoms with Gasteiger partial charge in [-0.15, -0.1) is 0 Å². The summed E-state index contributed by atoms with van der Waals surface area (Å²) in [7, 11) is 0. The second-order valence-corrected chi connectivity index (χ2v) is 6.55. The largest absolute Gasteiger partial charge is 0.451 e. The number of aryl methyl sites for hydroxylation is 2. The molecule has 0 radical (unpaired) electrons. The molecule has 2 aromatic heterocycles. The van der Waals surface area contributed by atoms with Crippen LogP contribution < -0.4 is 5.32 Å². The van der Waals surface area contributed by atoms with Gasteiger partial charge in [-0.3, -0.25) is 10.1 Å². The van der Waals surface area contributed by atoms with Crippen LogP contribution in [0.2, 0.25) is 0 Å². The number of anilines is 1. The highest BCUT2D eigenvalue weighted by Gasteiger charge is 2.15. The minimum Gasteiger partial charge on any atom is -0.451 e. The van der Waals surface area contributed by atoms with Crippen molar-refractivity contribution in [2.75, 3.05) is 5.32 Å². The molecule has 0 saturated heterocycles. The van der Waals surface area contributed by atoms with Gasteiger partial charge < -0.3 is 4.42 Å². The third kappa shape index (κ3) is 2.49. The van der Waals surface area contributed by atoms with Crippen LogP contribution in [0.4, 0.5) is 5.13 Å². The van der Waals surface area contributed by atoms with E-state index in [1.165, 1.54) is 16.9 Å². The molecule has 0 bridgehead atoms. The van der Waals surface area contributed by atoms with Crippen molar-refractivity contribution < 1.29 is 9.21 Å². The van der Waals surface area contributed by atoms with Crippen molar-refractivity contribution in [2.45, 2.75) is 13.8 Å². The molecule has 0 aliphatic carbocycles. The summed E-state index contributed by atoms with van der Waals surface area (Å²) in [4.78, 5) is 16.9. The van der Waals surface area contributed by atoms with Gasteiger partial charge >= 0.3 is 0 Å². The summed E-state index contributed by atoms with van der Waals surface area (Å²) < 4.78 is 6.68. The van der Waals surface area contributed by atoms with Gasteiger partial charge in [-0.25, -0.2) is 4.98 Å². The first kappa shape index (κ1) is 14.0. The van der Waals surface area contributed by atoms with E-state index >= 15 is 0 Å². The number of carbonyl (C=O) groups is 1. The van der Waals surface area contributed by atoms with E-state index in [0.29, 0.717) is 16.5 Å². The number of nitrogens with one attached hydrogen (secondary N) is 1. The zero-order chi connectivity index (χ0) is 16.0. The van der Waals surface area contributed by atoms with Crippen LogP contribution in [0.15, 0.2) is 46.9 Å². The highest BCUT2D eigenvalue weighted by molar-refractivity contribution is 7.22. The Balaban J connectivity index is 1.67. The minimum atomic E-state index is -0.283. The Morgan fingerprint density at radius 2 is 2.00 bits per heavy atom. The van der Waals surface area contributed by atoms with Gasteiger partial charge in [-0.2, -0.15) is 0 Å². The maximum atomic E-state index is 12.4. The summed E-state index contributed by atoms with van der Waals surface area (Å²) in [6.45, 7) is 4.09. The molecule has 0 saturated carbocycles. The SMILES string of the molecule is Cc1cc(C)c2sc(NC(=O)c3cc4ccccc4o3)nc2c1. The van der Waals surface area contributed by atoms with Crippen LogP contribution in [-0.4, -0.2) is 10.9 Å². The molecule has 2 heterocycles. The summed E-state index contributed by atoms with van der Waals surface area (Å²) in [5, 5.41) is 4.32. The topological polar surface area (TPSA) is 55.1 Å². The lowest BCUT2D eigenvalue weighted by Crippen LogP contribution is -2.10. The van der Waals surface area contributed by atoms with E-state index in [9.17, 15) is 4.79 Å². The normalized spacial score (nSPS) is 11.2. The van der Waals surface area contributed by atoms with Crippen molar-refractivity contribution in [3.05, 3.63) is 59.4 Å². The molecule has 4 rings (SSSR count). The molecule has 0 aliphatic rings. The Labute approximate surface area is 136 Å². The molecule has 5 heteroatoms. The molecule has 2 aromatic carbocycles. The summed E-state index contributed by atoms with van der Waals surface area (Å²) in [6, 6.07) is 13.4. The predicted molar refractivity (Wildman–Crippen MR) is 93.3 cm³/mol. The monoisotopic (exact) mass is 322 g/mol. The van der Waals surface area contributed by atoms with E-state index in [0.717, 1.165) is 21.2 Å². The van der Waals surface area contributed by atoms with Crippen molar-refractivity contribution in [3.8, 4) is 0 Å². The fraction of sp³-hybridized carbons (Fsp3) is 0.111. The number of thiazole rings is 1. The van der Waals surface area contributed by atoms with Gasteiger partial charge in [-0.05, 0) is 43.2 Å². The van der Waals surface area contributed by atoms with Crippen molar-refractivity contribution in [2.24, 2.45) is 0 Å². The molecule has 4 aromatic rings. The number of furan rings is 1. The molecule has 114 valence electrons. The zero-order valence-corrected chi connectivity index (χ0v) is 13.5. The number of benzene rings is 2. The van der Waals surface area contributed by atoms with Gasteiger partial charge in [0.25, 0.3) is 5.91 Å². The minimum absolute atomic E-state index is 0.283. The third-order valence-corrected chi connectivity index (χ3v) is 4.81. The number of para-hydroxylation sites is 1. The lowest BCUT2D eigenvalue weighted by molar-refractivity contribution is 0.0998. The maximum Gasteiger partial charge on any atom is 0.293 e. The average molecular weight is 322 g/mol. The van der Waals surface area contributed by atoms with Crippen molar-refractivity contribution in [3.63, 3.8) is 0 Å². The first-order chi connectivity index (χ1) is 11.1. The van der Waals surface area contributed by atoms with Crippen molar-refractivity contribution in [1.82, 2.24) is 4.98 Å². The number of rotatable bonds is 2. The fourth-order valence-electron chi connectivity index (χ4n) is 2.68. The van der Waals surface area contributed by atoms with Crippen LogP contribution in [0.3, 0.4) is 0 Å². The van der Waals surface area contributed by atoms with Gasteiger partial charge in [0.1, 0.15) is 5.58 Å². The Morgan fingerprint density at radius 3 is 2.83 bits per heavy atom. The van der Waals surface area contributed by atoms with Gasteiger partial charge in [0.2, 0.25) is 0 Å². The molecule has 0 fully saturated rings. The molecule has 23 heavy (non-hydrogen) atoms. The average Bonchev–Trinajstić information content (AvgIpc) is 3.10. The molecule has 0 spiro atoms.